The Bertz CT molecular complexity index is 1460. The second-order valence-corrected chi connectivity index (χ2v) is 9.11. The molecule has 1 atom stereocenters. The number of alkyl halides is 3. The van der Waals surface area contributed by atoms with E-state index >= 15 is 0 Å². The normalized spacial score (nSPS) is 12.3. The lowest BCUT2D eigenvalue weighted by Crippen LogP contribution is -2.27. The number of aryl methyl sites for hydroxylation is 1. The summed E-state index contributed by atoms with van der Waals surface area (Å²) in [7, 11) is 1.48. The van der Waals surface area contributed by atoms with Gasteiger partial charge in [-0.25, -0.2) is 4.68 Å². The second-order valence-electron chi connectivity index (χ2n) is 7.83. The van der Waals surface area contributed by atoms with E-state index in [1.807, 2.05) is 0 Å². The zero-order valence-corrected chi connectivity index (χ0v) is 20.1. The van der Waals surface area contributed by atoms with Gasteiger partial charge in [-0.15, -0.1) is 30.0 Å². The monoisotopic (exact) mass is 531 g/mol. The summed E-state index contributed by atoms with van der Waals surface area (Å²) in [5.74, 6) is -0.864. The fourth-order valence-corrected chi connectivity index (χ4v) is 4.49. The first-order valence-electron chi connectivity index (χ1n) is 10.9. The summed E-state index contributed by atoms with van der Waals surface area (Å²) in [5, 5.41) is 17.1. The van der Waals surface area contributed by atoms with Crippen molar-refractivity contribution in [3.8, 4) is 22.6 Å². The van der Waals surface area contributed by atoms with Gasteiger partial charge in [0.05, 0.1) is 12.5 Å². The first-order valence-corrected chi connectivity index (χ1v) is 11.8. The molecule has 0 radical (unpaired) electrons. The molecule has 1 heterocycles. The van der Waals surface area contributed by atoms with Crippen molar-refractivity contribution in [2.24, 2.45) is 0 Å². The lowest BCUT2D eigenvalue weighted by molar-refractivity contribution is -0.274. The van der Waals surface area contributed by atoms with E-state index in [9.17, 15) is 27.9 Å². The van der Waals surface area contributed by atoms with Crippen molar-refractivity contribution in [3.05, 3.63) is 77.1 Å². The Balaban J connectivity index is 1.43. The molecule has 0 aliphatic carbocycles. The number of aliphatic carboxylic acids is 1. The molecule has 1 unspecified atom stereocenters. The summed E-state index contributed by atoms with van der Waals surface area (Å²) < 4.78 is 47.2. The van der Waals surface area contributed by atoms with Crippen molar-refractivity contribution in [3.63, 3.8) is 0 Å². The highest BCUT2D eigenvalue weighted by atomic mass is 32.2. The van der Waals surface area contributed by atoms with Crippen molar-refractivity contribution >= 4 is 28.6 Å². The number of carbonyl (C=O) groups is 1. The average molecular weight is 532 g/mol. The zero-order valence-electron chi connectivity index (χ0n) is 19.3. The molecule has 0 saturated carbocycles. The third-order valence-corrected chi connectivity index (χ3v) is 6.63. The number of aromatic nitrogens is 3. The van der Waals surface area contributed by atoms with E-state index in [1.165, 1.54) is 31.4 Å². The lowest BCUT2D eigenvalue weighted by Gasteiger charge is -2.13. The van der Waals surface area contributed by atoms with E-state index < -0.39 is 23.1 Å². The van der Waals surface area contributed by atoms with Crippen LogP contribution in [0.4, 0.5) is 13.2 Å². The fraction of sp³-hybridized carbons (Fsp3) is 0.200. The SMILES string of the molecule is COc1ccc2nnn(CCC(Sc3ccc(-c4ccc(OC(F)(F)F)cc4)cc3)C(=O)O)c(=O)c2c1. The van der Waals surface area contributed by atoms with Crippen LogP contribution in [-0.4, -0.2) is 44.8 Å². The Kier molecular flexibility index (Phi) is 7.67. The molecule has 4 rings (SSSR count). The number of rotatable bonds is 9. The molecule has 1 N–H and O–H groups in total. The van der Waals surface area contributed by atoms with Crippen LogP contribution in [0.1, 0.15) is 6.42 Å². The topological polar surface area (TPSA) is 104 Å². The first kappa shape index (κ1) is 26.0. The number of fused-ring (bicyclic) bond motifs is 1. The minimum absolute atomic E-state index is 0.0490. The van der Waals surface area contributed by atoms with Crippen LogP contribution in [-0.2, 0) is 11.3 Å². The minimum Gasteiger partial charge on any atom is -0.497 e. The summed E-state index contributed by atoms with van der Waals surface area (Å²) in [6.07, 6.45) is -4.64. The number of carboxylic acids is 1. The number of thioether (sulfide) groups is 1. The summed E-state index contributed by atoms with van der Waals surface area (Å²) in [4.78, 5) is 25.3. The first-order chi connectivity index (χ1) is 17.6. The maximum Gasteiger partial charge on any atom is 0.573 e. The van der Waals surface area contributed by atoms with Gasteiger partial charge in [0.25, 0.3) is 5.56 Å². The molecule has 0 aliphatic rings. The highest BCUT2D eigenvalue weighted by molar-refractivity contribution is 8.00. The van der Waals surface area contributed by atoms with E-state index in [4.69, 9.17) is 4.74 Å². The van der Waals surface area contributed by atoms with Crippen molar-refractivity contribution in [1.29, 1.82) is 0 Å². The molecule has 8 nitrogen and oxygen atoms in total. The Morgan fingerprint density at radius 1 is 1.03 bits per heavy atom. The van der Waals surface area contributed by atoms with Crippen LogP contribution in [0, 0.1) is 0 Å². The van der Waals surface area contributed by atoms with Gasteiger partial charge >= 0.3 is 12.3 Å². The molecule has 1 aromatic heterocycles. The molecule has 0 bridgehead atoms. The Morgan fingerprint density at radius 2 is 1.65 bits per heavy atom. The van der Waals surface area contributed by atoms with Crippen molar-refractivity contribution < 1.29 is 32.5 Å². The molecular formula is C25H20F3N3O5S. The molecular weight excluding hydrogens is 511 g/mol. The fourth-order valence-electron chi connectivity index (χ4n) is 3.54. The lowest BCUT2D eigenvalue weighted by atomic mass is 10.1. The van der Waals surface area contributed by atoms with Crippen LogP contribution in [0.15, 0.2) is 76.4 Å². The molecule has 192 valence electrons. The number of methoxy groups -OCH3 is 1. The van der Waals surface area contributed by atoms with E-state index in [2.05, 4.69) is 15.0 Å². The van der Waals surface area contributed by atoms with Gasteiger partial charge in [0.1, 0.15) is 22.3 Å². The molecule has 0 spiro atoms. The molecule has 0 saturated heterocycles. The van der Waals surface area contributed by atoms with Crippen molar-refractivity contribution in [2.45, 2.75) is 29.5 Å². The molecule has 0 aliphatic heterocycles. The molecule has 0 amide bonds. The number of benzene rings is 3. The summed E-state index contributed by atoms with van der Waals surface area (Å²) >= 11 is 1.12. The molecule has 3 aromatic carbocycles. The van der Waals surface area contributed by atoms with Crippen LogP contribution in [0.2, 0.25) is 0 Å². The van der Waals surface area contributed by atoms with Crippen LogP contribution in [0.5, 0.6) is 11.5 Å². The number of ether oxygens (including phenoxy) is 2. The maximum atomic E-state index is 12.8. The number of hydrogen-bond donors (Lipinski definition) is 1. The van der Waals surface area contributed by atoms with Crippen LogP contribution >= 0.6 is 11.8 Å². The second kappa shape index (κ2) is 10.9. The van der Waals surface area contributed by atoms with Crippen molar-refractivity contribution in [1.82, 2.24) is 15.0 Å². The maximum absolute atomic E-state index is 12.8. The number of halogens is 3. The van der Waals surface area contributed by atoms with Gasteiger partial charge in [0, 0.05) is 11.4 Å². The smallest absolute Gasteiger partial charge is 0.497 e. The quantitative estimate of drug-likeness (QED) is 0.301. The van der Waals surface area contributed by atoms with Crippen LogP contribution < -0.4 is 15.0 Å². The third-order valence-electron chi connectivity index (χ3n) is 5.36. The zero-order chi connectivity index (χ0) is 26.6. The molecule has 12 heteroatoms. The van der Waals surface area contributed by atoms with E-state index in [-0.39, 0.29) is 18.7 Å². The third kappa shape index (κ3) is 6.58. The van der Waals surface area contributed by atoms with Gasteiger partial charge in [-0.3, -0.25) is 9.59 Å². The highest BCUT2D eigenvalue weighted by Gasteiger charge is 2.31. The summed E-state index contributed by atoms with van der Waals surface area (Å²) in [6, 6.07) is 17.2. The van der Waals surface area contributed by atoms with E-state index in [0.717, 1.165) is 22.0 Å². The Labute approximate surface area is 212 Å². The predicted molar refractivity (Wildman–Crippen MR) is 131 cm³/mol. The number of carboxylic acid groups (broad SMARTS) is 1. The summed E-state index contributed by atoms with van der Waals surface area (Å²) in [6.45, 7) is 0.0490. The van der Waals surface area contributed by atoms with E-state index in [0.29, 0.717) is 27.1 Å². The molecule has 37 heavy (non-hydrogen) atoms. The minimum atomic E-state index is -4.76. The Hall–Kier alpha value is -4.06. The van der Waals surface area contributed by atoms with Crippen LogP contribution in [0.3, 0.4) is 0 Å². The molecule has 4 aromatic rings. The highest BCUT2D eigenvalue weighted by Crippen LogP contribution is 2.30. The number of nitrogens with zero attached hydrogens (tertiary/aromatic N) is 3. The Morgan fingerprint density at radius 3 is 2.24 bits per heavy atom. The predicted octanol–water partition coefficient (Wildman–Crippen LogP) is 5.00. The van der Waals surface area contributed by atoms with Gasteiger partial charge < -0.3 is 14.6 Å². The van der Waals surface area contributed by atoms with E-state index in [1.54, 1.807) is 42.5 Å². The molecule has 0 fully saturated rings. The standard InChI is InChI=1S/C25H20F3N3O5S/c1-35-18-8-11-21-20(14-18)23(32)31(30-29-21)13-12-22(24(33)34)37-19-9-4-16(5-10-19)15-2-6-17(7-3-15)36-25(26,27)28/h2-11,14,22H,12-13H2,1H3,(H,33,34). The summed E-state index contributed by atoms with van der Waals surface area (Å²) in [5.41, 5.74) is 1.43. The van der Waals surface area contributed by atoms with Crippen molar-refractivity contribution in [2.75, 3.05) is 7.11 Å². The average Bonchev–Trinajstić information content (AvgIpc) is 2.87. The van der Waals surface area contributed by atoms with Crippen LogP contribution in [0.25, 0.3) is 22.0 Å². The number of hydrogen-bond acceptors (Lipinski definition) is 7. The largest absolute Gasteiger partial charge is 0.573 e. The van der Waals surface area contributed by atoms with Gasteiger partial charge in [-0.1, -0.05) is 29.5 Å². The van der Waals surface area contributed by atoms with Gasteiger partial charge in [0.15, 0.2) is 0 Å². The van der Waals surface area contributed by atoms with Gasteiger partial charge in [-0.05, 0) is 60.0 Å². The van der Waals surface area contributed by atoms with Gasteiger partial charge in [-0.2, -0.15) is 0 Å². The van der Waals surface area contributed by atoms with Gasteiger partial charge in [0.2, 0.25) is 0 Å².